The number of rotatable bonds is 1. The van der Waals surface area contributed by atoms with E-state index in [9.17, 15) is 0 Å². The van der Waals surface area contributed by atoms with Crippen LogP contribution in [0.15, 0.2) is 12.2 Å². The van der Waals surface area contributed by atoms with Gasteiger partial charge in [0.1, 0.15) is 0 Å². The molecule has 0 saturated heterocycles. The van der Waals surface area contributed by atoms with Crippen LogP contribution in [0, 0.1) is 0 Å². The Morgan fingerprint density at radius 2 is 1.62 bits per heavy atom. The molecule has 0 aliphatic rings. The third-order valence-electron chi connectivity index (χ3n) is 1.10. The maximum Gasteiger partial charge on any atom is 0.0306 e. The van der Waals surface area contributed by atoms with Crippen molar-refractivity contribution in [1.82, 2.24) is 0 Å². The average Bonchev–Trinajstić information content (AvgIpc) is 1.31. The van der Waals surface area contributed by atoms with Gasteiger partial charge in [0.2, 0.25) is 0 Å². The van der Waals surface area contributed by atoms with E-state index >= 15 is 0 Å². The van der Waals surface area contributed by atoms with E-state index in [-0.39, 0.29) is 17.9 Å². The predicted molar refractivity (Wildman–Crippen MR) is 40.3 cm³/mol. The van der Waals surface area contributed by atoms with Crippen molar-refractivity contribution in [2.75, 3.05) is 0 Å². The van der Waals surface area contributed by atoms with E-state index in [1.807, 2.05) is 20.8 Å². The highest BCUT2D eigenvalue weighted by atomic mass is 35.5. The minimum atomic E-state index is -0.194. The van der Waals surface area contributed by atoms with Crippen LogP contribution in [-0.2, 0) is 0 Å². The summed E-state index contributed by atoms with van der Waals surface area (Å²) >= 11 is 0. The van der Waals surface area contributed by atoms with Crippen LogP contribution in [0.4, 0.5) is 0 Å². The van der Waals surface area contributed by atoms with Gasteiger partial charge < -0.3 is 5.73 Å². The van der Waals surface area contributed by atoms with Gasteiger partial charge in [-0.25, -0.2) is 0 Å². The summed E-state index contributed by atoms with van der Waals surface area (Å²) in [5.41, 5.74) is 6.41. The summed E-state index contributed by atoms with van der Waals surface area (Å²) in [6.45, 7) is 9.51. The quantitative estimate of drug-likeness (QED) is 0.545. The lowest BCUT2D eigenvalue weighted by atomic mass is 9.99. The van der Waals surface area contributed by atoms with E-state index < -0.39 is 0 Å². The molecule has 0 heterocycles. The zero-order valence-corrected chi connectivity index (χ0v) is 6.51. The molecule has 0 bridgehead atoms. The summed E-state index contributed by atoms with van der Waals surface area (Å²) in [6, 6.07) is 0. The zero-order valence-electron chi connectivity index (χ0n) is 5.69. The monoisotopic (exact) mass is 135 g/mol. The molecule has 0 aromatic heterocycles. The minimum absolute atomic E-state index is 0. The smallest absolute Gasteiger partial charge is 0.0306 e. The fourth-order valence-corrected chi connectivity index (χ4v) is 0. The molecule has 0 aliphatic carbocycles. The van der Waals surface area contributed by atoms with Gasteiger partial charge in [0.25, 0.3) is 0 Å². The highest BCUT2D eigenvalue weighted by molar-refractivity contribution is 5.85. The lowest BCUT2D eigenvalue weighted by molar-refractivity contribution is 0.614. The normalized spacial score (nSPS) is 10.0. The topological polar surface area (TPSA) is 26.0 Å². The fraction of sp³-hybridized carbons (Fsp3) is 0.667. The summed E-state index contributed by atoms with van der Waals surface area (Å²) in [7, 11) is 0. The molecule has 0 unspecified atom stereocenters. The van der Waals surface area contributed by atoms with E-state index in [1.165, 1.54) is 0 Å². The highest BCUT2D eigenvalue weighted by Crippen LogP contribution is 2.06. The van der Waals surface area contributed by atoms with Gasteiger partial charge in [-0.1, -0.05) is 12.2 Å². The second kappa shape index (κ2) is 3.10. The van der Waals surface area contributed by atoms with E-state index in [0.717, 1.165) is 5.57 Å². The third-order valence-corrected chi connectivity index (χ3v) is 1.10. The molecule has 0 amide bonds. The second-order valence-corrected chi connectivity index (χ2v) is 2.50. The number of hydrogen-bond acceptors (Lipinski definition) is 1. The third kappa shape index (κ3) is 4.16. The first-order valence-corrected chi connectivity index (χ1v) is 2.39. The molecular formula is C6H14ClN. The second-order valence-electron chi connectivity index (χ2n) is 2.50. The molecule has 8 heavy (non-hydrogen) atoms. The number of halogens is 1. The standard InChI is InChI=1S/C6H13N.ClH/c1-5(2)6(3,4)7;/h1,7H2,2-4H3;1H. The van der Waals surface area contributed by atoms with Gasteiger partial charge >= 0.3 is 0 Å². The SMILES string of the molecule is C=C(C)C(C)(C)N.Cl. The first kappa shape index (κ1) is 10.9. The lowest BCUT2D eigenvalue weighted by Crippen LogP contribution is -2.32. The van der Waals surface area contributed by atoms with Crippen molar-refractivity contribution in [3.8, 4) is 0 Å². The maximum atomic E-state index is 5.58. The average molecular weight is 136 g/mol. The molecule has 0 aliphatic heterocycles. The molecular weight excluding hydrogens is 122 g/mol. The number of hydrogen-bond donors (Lipinski definition) is 1. The Bertz CT molecular complexity index is 81.0. The minimum Gasteiger partial charge on any atom is -0.322 e. The predicted octanol–water partition coefficient (Wildman–Crippen LogP) is 1.72. The van der Waals surface area contributed by atoms with Crippen molar-refractivity contribution in [1.29, 1.82) is 0 Å². The first-order chi connectivity index (χ1) is 2.94. The molecule has 0 saturated carbocycles. The Kier molecular flexibility index (Phi) is 4.22. The Morgan fingerprint density at radius 1 is 1.50 bits per heavy atom. The van der Waals surface area contributed by atoms with Crippen molar-refractivity contribution >= 4 is 12.4 Å². The van der Waals surface area contributed by atoms with Gasteiger partial charge in [0, 0.05) is 5.54 Å². The summed E-state index contributed by atoms with van der Waals surface area (Å²) in [6.07, 6.45) is 0. The van der Waals surface area contributed by atoms with Crippen molar-refractivity contribution in [3.63, 3.8) is 0 Å². The van der Waals surface area contributed by atoms with Crippen LogP contribution in [0.1, 0.15) is 20.8 Å². The van der Waals surface area contributed by atoms with Crippen LogP contribution in [0.5, 0.6) is 0 Å². The first-order valence-electron chi connectivity index (χ1n) is 2.39. The van der Waals surface area contributed by atoms with Crippen molar-refractivity contribution in [3.05, 3.63) is 12.2 Å². The fourth-order valence-electron chi connectivity index (χ4n) is 0. The van der Waals surface area contributed by atoms with Gasteiger partial charge in [0.15, 0.2) is 0 Å². The Balaban J connectivity index is 0. The van der Waals surface area contributed by atoms with Crippen LogP contribution >= 0.6 is 12.4 Å². The van der Waals surface area contributed by atoms with Gasteiger partial charge in [-0.3, -0.25) is 0 Å². The molecule has 1 nitrogen and oxygen atoms in total. The van der Waals surface area contributed by atoms with Crippen molar-refractivity contribution < 1.29 is 0 Å². The van der Waals surface area contributed by atoms with E-state index in [1.54, 1.807) is 0 Å². The Hall–Kier alpha value is -0.0100. The number of nitrogens with two attached hydrogens (primary N) is 1. The van der Waals surface area contributed by atoms with Crippen LogP contribution < -0.4 is 5.73 Å². The molecule has 0 atom stereocenters. The molecule has 0 radical (unpaired) electrons. The maximum absolute atomic E-state index is 5.58. The summed E-state index contributed by atoms with van der Waals surface area (Å²) in [4.78, 5) is 0. The van der Waals surface area contributed by atoms with Crippen LogP contribution in [0.25, 0.3) is 0 Å². The largest absolute Gasteiger partial charge is 0.322 e. The van der Waals surface area contributed by atoms with E-state index in [2.05, 4.69) is 6.58 Å². The molecule has 0 spiro atoms. The molecule has 0 aromatic carbocycles. The van der Waals surface area contributed by atoms with Crippen LogP contribution in [-0.4, -0.2) is 5.54 Å². The van der Waals surface area contributed by atoms with Gasteiger partial charge in [0.05, 0.1) is 0 Å². The van der Waals surface area contributed by atoms with Gasteiger partial charge in [-0.2, -0.15) is 0 Å². The van der Waals surface area contributed by atoms with Crippen LogP contribution in [0.3, 0.4) is 0 Å². The summed E-state index contributed by atoms with van der Waals surface area (Å²) in [5.74, 6) is 0. The molecule has 2 N–H and O–H groups in total. The summed E-state index contributed by atoms with van der Waals surface area (Å²) < 4.78 is 0. The Labute approximate surface area is 57.4 Å². The molecule has 50 valence electrons. The van der Waals surface area contributed by atoms with Gasteiger partial charge in [-0.15, -0.1) is 12.4 Å². The molecule has 0 aromatic rings. The van der Waals surface area contributed by atoms with E-state index in [4.69, 9.17) is 5.73 Å². The van der Waals surface area contributed by atoms with E-state index in [0.29, 0.717) is 0 Å². The van der Waals surface area contributed by atoms with Crippen molar-refractivity contribution in [2.45, 2.75) is 26.3 Å². The molecule has 0 fully saturated rings. The summed E-state index contributed by atoms with van der Waals surface area (Å²) in [5, 5.41) is 0. The highest BCUT2D eigenvalue weighted by Gasteiger charge is 2.08. The van der Waals surface area contributed by atoms with Crippen molar-refractivity contribution in [2.24, 2.45) is 5.73 Å². The zero-order chi connectivity index (χ0) is 6.08. The molecule has 2 heteroatoms. The molecule has 0 rings (SSSR count). The Morgan fingerprint density at radius 3 is 1.62 bits per heavy atom. The van der Waals surface area contributed by atoms with Gasteiger partial charge in [-0.05, 0) is 20.8 Å². The lowest BCUT2D eigenvalue weighted by Gasteiger charge is -2.17. The van der Waals surface area contributed by atoms with Crippen LogP contribution in [0.2, 0.25) is 0 Å².